The van der Waals surface area contributed by atoms with E-state index in [2.05, 4.69) is 27.2 Å². The summed E-state index contributed by atoms with van der Waals surface area (Å²) in [5.74, 6) is 8.17. The van der Waals surface area contributed by atoms with Crippen LogP contribution in [0.15, 0.2) is 6.33 Å². The van der Waals surface area contributed by atoms with Gasteiger partial charge in [0, 0.05) is 18.2 Å². The second kappa shape index (κ2) is 5.33. The van der Waals surface area contributed by atoms with Crippen molar-refractivity contribution in [1.82, 2.24) is 9.97 Å². The maximum Gasteiger partial charge on any atom is 0.148 e. The van der Waals surface area contributed by atoms with Crippen LogP contribution in [0.25, 0.3) is 0 Å². The summed E-state index contributed by atoms with van der Waals surface area (Å²) >= 11 is 0. The van der Waals surface area contributed by atoms with Crippen molar-refractivity contribution >= 4 is 11.6 Å². The minimum absolute atomic E-state index is 0.668. The number of nitrogens with zero attached hydrogens (tertiary/aromatic N) is 3. The van der Waals surface area contributed by atoms with Crippen molar-refractivity contribution in [3.63, 3.8) is 0 Å². The first-order valence-corrected chi connectivity index (χ1v) is 7.36. The van der Waals surface area contributed by atoms with Crippen molar-refractivity contribution in [2.75, 3.05) is 16.9 Å². The fourth-order valence-corrected chi connectivity index (χ4v) is 3.76. The quantitative estimate of drug-likeness (QED) is 0.645. The average Bonchev–Trinajstić information content (AvgIpc) is 3.09. The first-order chi connectivity index (χ1) is 9.31. The molecule has 1 aliphatic carbocycles. The van der Waals surface area contributed by atoms with E-state index >= 15 is 0 Å². The molecule has 104 valence electrons. The van der Waals surface area contributed by atoms with Gasteiger partial charge in [-0.15, -0.1) is 0 Å². The van der Waals surface area contributed by atoms with Crippen LogP contribution in [0, 0.1) is 12.8 Å². The molecule has 3 rings (SSSR count). The number of rotatable bonds is 3. The number of nitrogens with two attached hydrogens (primary N) is 1. The third-order valence-electron chi connectivity index (χ3n) is 4.71. The topological polar surface area (TPSA) is 67.1 Å². The maximum atomic E-state index is 5.52. The molecule has 5 heteroatoms. The van der Waals surface area contributed by atoms with Crippen molar-refractivity contribution in [2.24, 2.45) is 11.8 Å². The molecule has 0 aromatic carbocycles. The Labute approximate surface area is 114 Å². The summed E-state index contributed by atoms with van der Waals surface area (Å²) in [6.07, 6.45) is 9.75. The molecule has 2 fully saturated rings. The van der Waals surface area contributed by atoms with Crippen LogP contribution < -0.4 is 16.2 Å². The Morgan fingerprint density at radius 2 is 2.00 bits per heavy atom. The van der Waals surface area contributed by atoms with E-state index < -0.39 is 0 Å². The lowest BCUT2D eigenvalue weighted by Gasteiger charge is -2.31. The molecule has 0 amide bonds. The molecule has 2 heterocycles. The molecular formula is C14H23N5. The zero-order valence-corrected chi connectivity index (χ0v) is 11.6. The molecule has 5 nitrogen and oxygen atoms in total. The van der Waals surface area contributed by atoms with E-state index in [1.165, 1.54) is 38.5 Å². The molecule has 0 spiro atoms. The van der Waals surface area contributed by atoms with Gasteiger partial charge in [-0.3, -0.25) is 0 Å². The van der Waals surface area contributed by atoms with Gasteiger partial charge in [0.2, 0.25) is 0 Å². The summed E-state index contributed by atoms with van der Waals surface area (Å²) < 4.78 is 0. The highest BCUT2D eigenvalue weighted by Crippen LogP contribution is 2.38. The van der Waals surface area contributed by atoms with Crippen LogP contribution in [-0.2, 0) is 0 Å². The fraction of sp³-hybridized carbons (Fsp3) is 0.714. The Balaban J connectivity index is 1.87. The molecule has 3 N–H and O–H groups in total. The number of hydrogen-bond acceptors (Lipinski definition) is 5. The minimum atomic E-state index is 0.668. The highest BCUT2D eigenvalue weighted by atomic mass is 15.3. The monoisotopic (exact) mass is 261 g/mol. The number of nitrogen functional groups attached to an aromatic ring is 1. The lowest BCUT2D eigenvalue weighted by molar-refractivity contribution is 0.429. The molecule has 1 atom stereocenters. The van der Waals surface area contributed by atoms with Crippen LogP contribution >= 0.6 is 0 Å². The summed E-state index contributed by atoms with van der Waals surface area (Å²) in [5, 5.41) is 0. The molecule has 0 bridgehead atoms. The van der Waals surface area contributed by atoms with Gasteiger partial charge in [0.1, 0.15) is 18.0 Å². The summed E-state index contributed by atoms with van der Waals surface area (Å²) in [7, 11) is 0. The van der Waals surface area contributed by atoms with Gasteiger partial charge in [-0.05, 0) is 38.5 Å². The lowest BCUT2D eigenvalue weighted by Crippen LogP contribution is -2.36. The van der Waals surface area contributed by atoms with E-state index in [0.717, 1.165) is 29.7 Å². The van der Waals surface area contributed by atoms with Crippen molar-refractivity contribution in [3.05, 3.63) is 11.9 Å². The minimum Gasteiger partial charge on any atom is -0.353 e. The van der Waals surface area contributed by atoms with E-state index in [-0.39, 0.29) is 0 Å². The molecule has 1 aliphatic heterocycles. The smallest absolute Gasteiger partial charge is 0.148 e. The SMILES string of the molecule is Cc1c(NN)ncnc1N1CCCC1C1CCCC1. The van der Waals surface area contributed by atoms with Crippen LogP contribution in [0.1, 0.15) is 44.1 Å². The van der Waals surface area contributed by atoms with Crippen molar-refractivity contribution < 1.29 is 0 Å². The van der Waals surface area contributed by atoms with Gasteiger partial charge in [0.05, 0.1) is 0 Å². The summed E-state index contributed by atoms with van der Waals surface area (Å²) in [6.45, 7) is 3.16. The number of anilines is 2. The van der Waals surface area contributed by atoms with Crippen LogP contribution in [0.5, 0.6) is 0 Å². The van der Waals surface area contributed by atoms with Crippen molar-refractivity contribution in [1.29, 1.82) is 0 Å². The molecule has 1 aromatic heterocycles. The summed E-state index contributed by atoms with van der Waals surface area (Å²) in [6, 6.07) is 0.668. The second-order valence-corrected chi connectivity index (χ2v) is 5.76. The first-order valence-electron chi connectivity index (χ1n) is 7.36. The van der Waals surface area contributed by atoms with Gasteiger partial charge < -0.3 is 10.3 Å². The molecular weight excluding hydrogens is 238 g/mol. The van der Waals surface area contributed by atoms with Gasteiger partial charge in [-0.2, -0.15) is 0 Å². The van der Waals surface area contributed by atoms with Crippen LogP contribution in [-0.4, -0.2) is 22.6 Å². The molecule has 1 aromatic rings. The van der Waals surface area contributed by atoms with Gasteiger partial charge in [-0.25, -0.2) is 15.8 Å². The zero-order valence-electron chi connectivity index (χ0n) is 11.6. The average molecular weight is 261 g/mol. The van der Waals surface area contributed by atoms with Gasteiger partial charge in [0.25, 0.3) is 0 Å². The van der Waals surface area contributed by atoms with Crippen molar-refractivity contribution in [3.8, 4) is 0 Å². The summed E-state index contributed by atoms with van der Waals surface area (Å²) in [5.41, 5.74) is 3.73. The molecule has 1 unspecified atom stereocenters. The van der Waals surface area contributed by atoms with E-state index in [0.29, 0.717) is 6.04 Å². The Morgan fingerprint density at radius 3 is 2.74 bits per heavy atom. The van der Waals surface area contributed by atoms with E-state index in [1.807, 2.05) is 0 Å². The predicted molar refractivity (Wildman–Crippen MR) is 76.9 cm³/mol. The molecule has 19 heavy (non-hydrogen) atoms. The van der Waals surface area contributed by atoms with Crippen LogP contribution in [0.2, 0.25) is 0 Å². The Bertz CT molecular complexity index is 441. The molecule has 1 saturated heterocycles. The number of aromatic nitrogens is 2. The fourth-order valence-electron chi connectivity index (χ4n) is 3.76. The first kappa shape index (κ1) is 12.7. The highest BCUT2D eigenvalue weighted by molar-refractivity contribution is 5.58. The Kier molecular flexibility index (Phi) is 3.55. The van der Waals surface area contributed by atoms with E-state index in [1.54, 1.807) is 6.33 Å². The number of hydrogen-bond donors (Lipinski definition) is 2. The van der Waals surface area contributed by atoms with Gasteiger partial charge >= 0.3 is 0 Å². The summed E-state index contributed by atoms with van der Waals surface area (Å²) in [4.78, 5) is 11.2. The van der Waals surface area contributed by atoms with Crippen LogP contribution in [0.3, 0.4) is 0 Å². The second-order valence-electron chi connectivity index (χ2n) is 5.76. The zero-order chi connectivity index (χ0) is 13.2. The maximum absolute atomic E-state index is 5.52. The molecule has 2 aliphatic rings. The van der Waals surface area contributed by atoms with Crippen molar-refractivity contribution in [2.45, 2.75) is 51.5 Å². The lowest BCUT2D eigenvalue weighted by atomic mass is 9.96. The molecule has 0 radical (unpaired) electrons. The number of hydrazine groups is 1. The standard InChI is InChI=1S/C14H23N5/c1-10-13(18-15)16-9-17-14(10)19-8-4-7-12(19)11-5-2-3-6-11/h9,11-12H,2-8,15H2,1H3,(H,16,17,18). The van der Waals surface area contributed by atoms with Gasteiger partial charge in [0.15, 0.2) is 0 Å². The van der Waals surface area contributed by atoms with E-state index in [4.69, 9.17) is 5.84 Å². The van der Waals surface area contributed by atoms with Gasteiger partial charge in [-0.1, -0.05) is 12.8 Å². The highest BCUT2D eigenvalue weighted by Gasteiger charge is 2.34. The Morgan fingerprint density at radius 1 is 1.21 bits per heavy atom. The van der Waals surface area contributed by atoms with Crippen LogP contribution in [0.4, 0.5) is 11.6 Å². The normalized spacial score (nSPS) is 24.1. The Hall–Kier alpha value is -1.36. The third kappa shape index (κ3) is 2.27. The largest absolute Gasteiger partial charge is 0.353 e. The number of nitrogens with one attached hydrogen (secondary N) is 1. The predicted octanol–water partition coefficient (Wildman–Crippen LogP) is 2.23. The third-order valence-corrected chi connectivity index (χ3v) is 4.71. The van der Waals surface area contributed by atoms with E-state index in [9.17, 15) is 0 Å². The molecule has 1 saturated carbocycles.